The molecule has 126 valence electrons. The van der Waals surface area contributed by atoms with Crippen LogP contribution in [0.25, 0.3) is 5.57 Å². The minimum absolute atomic E-state index is 0.0384. The van der Waals surface area contributed by atoms with Gasteiger partial charge in [0.05, 0.1) is 15.5 Å². The van der Waals surface area contributed by atoms with E-state index < -0.39 is 16.1 Å². The number of hydrogen-bond donors (Lipinski definition) is 0. The maximum atomic E-state index is 12.7. The third-order valence-corrected chi connectivity index (χ3v) is 4.96. The van der Waals surface area contributed by atoms with Crippen LogP contribution < -0.4 is 4.90 Å². The number of imide groups is 1. The van der Waals surface area contributed by atoms with Crippen molar-refractivity contribution in [3.05, 3.63) is 74.1 Å². The molecule has 25 heavy (non-hydrogen) atoms. The summed E-state index contributed by atoms with van der Waals surface area (Å²) in [6, 6.07) is 12.3. The number of rotatable bonds is 3. The summed E-state index contributed by atoms with van der Waals surface area (Å²) in [7, 11) is 0. The fourth-order valence-corrected chi connectivity index (χ4v) is 3.49. The van der Waals surface area contributed by atoms with Gasteiger partial charge in [0.1, 0.15) is 0 Å². The molecule has 1 aliphatic rings. The zero-order valence-corrected chi connectivity index (χ0v) is 14.5. The lowest BCUT2D eigenvalue weighted by Crippen LogP contribution is -2.27. The number of amides is 2. The number of carbonyl (C=O) groups is 2. The van der Waals surface area contributed by atoms with Gasteiger partial charge in [-0.1, -0.05) is 17.7 Å². The van der Waals surface area contributed by atoms with Gasteiger partial charge in [0, 0.05) is 17.2 Å². The van der Waals surface area contributed by atoms with Crippen molar-refractivity contribution < 1.29 is 14.5 Å². The van der Waals surface area contributed by atoms with E-state index in [1.165, 1.54) is 12.1 Å². The lowest BCUT2D eigenvalue weighted by atomic mass is 10.1. The van der Waals surface area contributed by atoms with Crippen LogP contribution in [0, 0.1) is 10.1 Å². The molecule has 1 fully saturated rings. The number of carbonyl (C=O) groups excluding carboxylic acids is 2. The summed E-state index contributed by atoms with van der Waals surface area (Å²) in [4.78, 5) is 36.6. The van der Waals surface area contributed by atoms with Gasteiger partial charge < -0.3 is 0 Å². The van der Waals surface area contributed by atoms with Gasteiger partial charge in [0.15, 0.2) is 0 Å². The number of nitrogens with zero attached hydrogens (tertiary/aromatic N) is 2. The van der Waals surface area contributed by atoms with Crippen molar-refractivity contribution in [1.29, 1.82) is 0 Å². The molecule has 0 bridgehead atoms. The minimum Gasteiger partial charge on any atom is -0.268 e. The van der Waals surface area contributed by atoms with E-state index in [1.807, 2.05) is 0 Å². The quantitative estimate of drug-likeness (QED) is 0.434. The summed E-state index contributed by atoms with van der Waals surface area (Å²) in [6.45, 7) is 1.70. The Kier molecular flexibility index (Phi) is 4.61. The van der Waals surface area contributed by atoms with Crippen LogP contribution in [0.5, 0.6) is 0 Å². The highest BCUT2D eigenvalue weighted by Gasteiger charge is 2.37. The molecule has 0 aromatic heterocycles. The number of non-ortho nitro benzene ring substituents is 1. The number of nitro groups is 1. The van der Waals surface area contributed by atoms with Crippen LogP contribution in [0.1, 0.15) is 12.5 Å². The van der Waals surface area contributed by atoms with E-state index in [0.717, 1.165) is 16.7 Å². The topological polar surface area (TPSA) is 80.5 Å². The van der Waals surface area contributed by atoms with Gasteiger partial charge >= 0.3 is 0 Å². The van der Waals surface area contributed by atoms with Crippen molar-refractivity contribution in [3.8, 4) is 0 Å². The second-order valence-electron chi connectivity index (χ2n) is 5.25. The summed E-state index contributed by atoms with van der Waals surface area (Å²) in [5.41, 5.74) is 1.59. The first-order valence-corrected chi connectivity index (χ1v) is 8.35. The molecule has 0 N–H and O–H groups in total. The monoisotopic (exact) mass is 374 g/mol. The average Bonchev–Trinajstić information content (AvgIpc) is 2.88. The highest BCUT2D eigenvalue weighted by Crippen LogP contribution is 2.39. The van der Waals surface area contributed by atoms with Crippen LogP contribution in [-0.4, -0.2) is 16.1 Å². The standard InChI is InChI=1S/C17H11ClN2O4S/c1-10(11-5-7-13(8-6-11)20(23)24)15-16(21)19(17(22)25-15)14-4-2-3-12(18)9-14/h2-9H,1H3/b15-10-. The Morgan fingerprint density at radius 2 is 1.84 bits per heavy atom. The molecule has 0 spiro atoms. The first-order chi connectivity index (χ1) is 11.9. The minimum atomic E-state index is -0.494. The normalized spacial score (nSPS) is 16.3. The van der Waals surface area contributed by atoms with Gasteiger partial charge in [-0.2, -0.15) is 0 Å². The second-order valence-corrected chi connectivity index (χ2v) is 6.64. The zero-order valence-electron chi connectivity index (χ0n) is 12.9. The van der Waals surface area contributed by atoms with Crippen molar-refractivity contribution in [2.75, 3.05) is 4.90 Å². The molecule has 2 amide bonds. The molecule has 0 radical (unpaired) electrons. The summed E-state index contributed by atoms with van der Waals surface area (Å²) in [6.07, 6.45) is 0. The van der Waals surface area contributed by atoms with Crippen LogP contribution in [0.4, 0.5) is 16.2 Å². The largest absolute Gasteiger partial charge is 0.298 e. The predicted molar refractivity (Wildman–Crippen MR) is 97.6 cm³/mol. The summed E-state index contributed by atoms with van der Waals surface area (Å²) in [5.74, 6) is -0.437. The summed E-state index contributed by atoms with van der Waals surface area (Å²) >= 11 is 6.77. The molecule has 0 unspecified atom stereocenters. The Labute approximate surface area is 152 Å². The van der Waals surface area contributed by atoms with Gasteiger partial charge in [0.25, 0.3) is 16.8 Å². The van der Waals surface area contributed by atoms with Crippen LogP contribution in [0.3, 0.4) is 0 Å². The fourth-order valence-electron chi connectivity index (χ4n) is 2.40. The van der Waals surface area contributed by atoms with Crippen molar-refractivity contribution in [2.24, 2.45) is 0 Å². The van der Waals surface area contributed by atoms with E-state index in [0.29, 0.717) is 26.8 Å². The molecule has 1 saturated heterocycles. The highest BCUT2D eigenvalue weighted by atomic mass is 35.5. The highest BCUT2D eigenvalue weighted by molar-refractivity contribution is 8.19. The van der Waals surface area contributed by atoms with Crippen LogP contribution in [-0.2, 0) is 4.79 Å². The molecule has 8 heteroatoms. The Bertz CT molecular complexity index is 925. The van der Waals surface area contributed by atoms with E-state index in [9.17, 15) is 19.7 Å². The first kappa shape index (κ1) is 17.2. The van der Waals surface area contributed by atoms with Gasteiger partial charge in [-0.3, -0.25) is 19.7 Å². The van der Waals surface area contributed by atoms with E-state index in [1.54, 1.807) is 43.3 Å². The molecule has 0 saturated carbocycles. The first-order valence-electron chi connectivity index (χ1n) is 7.16. The van der Waals surface area contributed by atoms with Crippen molar-refractivity contribution in [2.45, 2.75) is 6.92 Å². The van der Waals surface area contributed by atoms with Gasteiger partial charge in [-0.25, -0.2) is 4.90 Å². The third kappa shape index (κ3) is 3.29. The van der Waals surface area contributed by atoms with Gasteiger partial charge in [0.2, 0.25) is 0 Å². The average molecular weight is 375 g/mol. The van der Waals surface area contributed by atoms with Gasteiger partial charge in [-0.05, 0) is 60.2 Å². The maximum absolute atomic E-state index is 12.7. The van der Waals surface area contributed by atoms with Crippen molar-refractivity contribution in [3.63, 3.8) is 0 Å². The molecule has 6 nitrogen and oxygen atoms in total. The third-order valence-electron chi connectivity index (χ3n) is 3.69. The summed E-state index contributed by atoms with van der Waals surface area (Å²) in [5, 5.41) is 10.7. The number of benzene rings is 2. The van der Waals surface area contributed by atoms with E-state index in [2.05, 4.69) is 0 Å². The smallest absolute Gasteiger partial charge is 0.268 e. The molecule has 1 heterocycles. The molecule has 2 aromatic rings. The number of halogens is 1. The lowest BCUT2D eigenvalue weighted by molar-refractivity contribution is -0.384. The maximum Gasteiger partial charge on any atom is 0.298 e. The molecule has 0 atom stereocenters. The molecular formula is C17H11ClN2O4S. The summed E-state index contributed by atoms with van der Waals surface area (Å²) < 4.78 is 0. The second kappa shape index (κ2) is 6.70. The van der Waals surface area contributed by atoms with Crippen LogP contribution in [0.2, 0.25) is 5.02 Å². The predicted octanol–water partition coefficient (Wildman–Crippen LogP) is 4.88. The SMILES string of the molecule is C/C(=C1/SC(=O)N(c2cccc(Cl)c2)C1=O)c1ccc([N+](=O)[O-])cc1. The van der Waals surface area contributed by atoms with Crippen molar-refractivity contribution in [1.82, 2.24) is 0 Å². The lowest BCUT2D eigenvalue weighted by Gasteiger charge is -2.12. The molecule has 0 aliphatic carbocycles. The molecular weight excluding hydrogens is 364 g/mol. The van der Waals surface area contributed by atoms with Crippen LogP contribution >= 0.6 is 23.4 Å². The number of anilines is 1. The van der Waals surface area contributed by atoms with Gasteiger partial charge in [-0.15, -0.1) is 0 Å². The fraction of sp³-hybridized carbons (Fsp3) is 0.0588. The van der Waals surface area contributed by atoms with Crippen molar-refractivity contribution >= 4 is 51.5 Å². The zero-order chi connectivity index (χ0) is 18.1. The Morgan fingerprint density at radius 3 is 2.44 bits per heavy atom. The van der Waals surface area contributed by atoms with Crippen LogP contribution in [0.15, 0.2) is 53.4 Å². The number of thioether (sulfide) groups is 1. The number of nitro benzene ring substituents is 1. The van der Waals surface area contributed by atoms with E-state index in [4.69, 9.17) is 11.6 Å². The Hall–Kier alpha value is -2.64. The molecule has 3 rings (SSSR count). The Morgan fingerprint density at radius 1 is 1.16 bits per heavy atom. The number of hydrogen-bond acceptors (Lipinski definition) is 5. The Balaban J connectivity index is 1.97. The number of allylic oxidation sites excluding steroid dienone is 1. The van der Waals surface area contributed by atoms with E-state index >= 15 is 0 Å². The molecule has 1 aliphatic heterocycles. The van der Waals surface area contributed by atoms with E-state index in [-0.39, 0.29) is 5.69 Å². The molecule has 2 aromatic carbocycles.